The smallest absolute Gasteiger partial charge is 0.424 e. The number of para-hydroxylation sites is 1. The van der Waals surface area contributed by atoms with E-state index in [1.54, 1.807) is 30.5 Å². The molecule has 0 aliphatic heterocycles. The molecule has 5 rings (SSSR count). The molecule has 0 aliphatic carbocycles. The molecule has 0 fully saturated rings. The molecule has 3 aromatic carbocycles. The van der Waals surface area contributed by atoms with Crippen molar-refractivity contribution in [3.63, 3.8) is 0 Å². The second-order valence-corrected chi connectivity index (χ2v) is 7.38. The van der Waals surface area contributed by atoms with Gasteiger partial charge in [-0.15, -0.1) is 10.2 Å². The van der Waals surface area contributed by atoms with Crippen LogP contribution in [0.5, 0.6) is 11.5 Å². The van der Waals surface area contributed by atoms with Gasteiger partial charge >= 0.3 is 6.09 Å². The van der Waals surface area contributed by atoms with E-state index in [4.69, 9.17) is 9.47 Å². The Labute approximate surface area is 195 Å². The van der Waals surface area contributed by atoms with Gasteiger partial charge in [-0.1, -0.05) is 48.5 Å². The Morgan fingerprint density at radius 1 is 0.853 bits per heavy atom. The standard InChI is InChI=1S/C25H20N6O3/c32-25(34-22-9-5-2-6-10-22)30-16-23(26-18-30)20-11-13-21(14-12-20)33-17-24-27-29-31(28-24)15-19-7-3-1-4-8-19/h1-14,16,18H,15,17H2. The van der Waals surface area contributed by atoms with Crippen molar-refractivity contribution in [3.8, 4) is 22.8 Å². The summed E-state index contributed by atoms with van der Waals surface area (Å²) in [5.74, 6) is 1.63. The summed E-state index contributed by atoms with van der Waals surface area (Å²) in [4.78, 5) is 18.1. The van der Waals surface area contributed by atoms with Crippen molar-refractivity contribution in [2.75, 3.05) is 0 Å². The summed E-state index contributed by atoms with van der Waals surface area (Å²) in [6, 6.07) is 26.2. The molecular formula is C25H20N6O3. The zero-order valence-electron chi connectivity index (χ0n) is 18.1. The highest BCUT2D eigenvalue weighted by Crippen LogP contribution is 2.21. The van der Waals surface area contributed by atoms with Gasteiger partial charge in [-0.3, -0.25) is 0 Å². The Hall–Kier alpha value is -4.79. The minimum Gasteiger partial charge on any atom is -0.485 e. The van der Waals surface area contributed by atoms with Crippen molar-refractivity contribution in [1.82, 2.24) is 29.8 Å². The van der Waals surface area contributed by atoms with Gasteiger partial charge in [0.2, 0.25) is 5.82 Å². The Balaban J connectivity index is 1.17. The lowest BCUT2D eigenvalue weighted by Crippen LogP contribution is -2.14. The number of ether oxygens (including phenoxy) is 2. The highest BCUT2D eigenvalue weighted by Gasteiger charge is 2.11. The fourth-order valence-corrected chi connectivity index (χ4v) is 3.23. The van der Waals surface area contributed by atoms with Gasteiger partial charge in [0.25, 0.3) is 0 Å². The summed E-state index contributed by atoms with van der Waals surface area (Å²) in [6.07, 6.45) is 2.52. The van der Waals surface area contributed by atoms with E-state index < -0.39 is 6.09 Å². The number of imidazole rings is 1. The van der Waals surface area contributed by atoms with Crippen LogP contribution in [0.3, 0.4) is 0 Å². The molecular weight excluding hydrogens is 432 g/mol. The van der Waals surface area contributed by atoms with E-state index in [-0.39, 0.29) is 6.61 Å². The molecule has 0 saturated heterocycles. The number of tetrazole rings is 1. The van der Waals surface area contributed by atoms with Crippen LogP contribution in [0.2, 0.25) is 0 Å². The molecule has 0 radical (unpaired) electrons. The Morgan fingerprint density at radius 2 is 1.59 bits per heavy atom. The molecule has 168 valence electrons. The van der Waals surface area contributed by atoms with Crippen LogP contribution >= 0.6 is 0 Å². The SMILES string of the molecule is O=C(Oc1ccccc1)n1cnc(-c2ccc(OCc3nnn(Cc4ccccc4)n3)cc2)c1. The Kier molecular flexibility index (Phi) is 6.06. The molecule has 9 heteroatoms. The van der Waals surface area contributed by atoms with Crippen molar-refractivity contribution in [1.29, 1.82) is 0 Å². The van der Waals surface area contributed by atoms with Gasteiger partial charge in [-0.05, 0) is 47.2 Å². The predicted molar refractivity (Wildman–Crippen MR) is 123 cm³/mol. The second kappa shape index (κ2) is 9.78. The molecule has 0 unspecified atom stereocenters. The maximum atomic E-state index is 12.3. The summed E-state index contributed by atoms with van der Waals surface area (Å²) in [5, 5.41) is 12.5. The van der Waals surface area contributed by atoms with Crippen molar-refractivity contribution >= 4 is 6.09 Å². The second-order valence-electron chi connectivity index (χ2n) is 7.38. The number of hydrogen-bond acceptors (Lipinski definition) is 7. The van der Waals surface area contributed by atoms with Crippen LogP contribution in [0.25, 0.3) is 11.3 Å². The molecule has 0 N–H and O–H groups in total. The first-order valence-corrected chi connectivity index (χ1v) is 10.6. The van der Waals surface area contributed by atoms with Crippen LogP contribution in [-0.4, -0.2) is 35.9 Å². The zero-order valence-corrected chi connectivity index (χ0v) is 18.1. The minimum atomic E-state index is -0.530. The number of aromatic nitrogens is 6. The Bertz CT molecular complexity index is 1360. The van der Waals surface area contributed by atoms with Gasteiger partial charge in [-0.25, -0.2) is 14.3 Å². The number of hydrogen-bond donors (Lipinski definition) is 0. The van der Waals surface area contributed by atoms with E-state index in [0.29, 0.717) is 29.6 Å². The molecule has 0 spiro atoms. The number of benzene rings is 3. The lowest BCUT2D eigenvalue weighted by Gasteiger charge is -2.04. The third-order valence-corrected chi connectivity index (χ3v) is 4.92. The minimum absolute atomic E-state index is 0.202. The fraction of sp³-hybridized carbons (Fsp3) is 0.0800. The van der Waals surface area contributed by atoms with Gasteiger partial charge in [-0.2, -0.15) is 4.80 Å². The summed E-state index contributed by atoms with van der Waals surface area (Å²) in [6.45, 7) is 0.752. The largest absolute Gasteiger partial charge is 0.485 e. The number of carbonyl (C=O) groups is 1. The van der Waals surface area contributed by atoms with Gasteiger partial charge in [0.15, 0.2) is 6.61 Å². The molecule has 0 amide bonds. The third-order valence-electron chi connectivity index (χ3n) is 4.92. The molecule has 0 atom stereocenters. The molecule has 2 aromatic heterocycles. The molecule has 9 nitrogen and oxygen atoms in total. The first-order chi connectivity index (χ1) is 16.7. The molecule has 5 aromatic rings. The van der Waals surface area contributed by atoms with Gasteiger partial charge in [0, 0.05) is 11.8 Å². The average molecular weight is 452 g/mol. The summed E-state index contributed by atoms with van der Waals surface area (Å²) in [5.41, 5.74) is 2.58. The highest BCUT2D eigenvalue weighted by molar-refractivity contribution is 5.74. The van der Waals surface area contributed by atoms with Crippen molar-refractivity contribution < 1.29 is 14.3 Å². The molecule has 34 heavy (non-hydrogen) atoms. The monoisotopic (exact) mass is 452 g/mol. The van der Waals surface area contributed by atoms with Gasteiger partial charge in [0.05, 0.1) is 12.2 Å². The Morgan fingerprint density at radius 3 is 2.35 bits per heavy atom. The summed E-state index contributed by atoms with van der Waals surface area (Å²) < 4.78 is 12.4. The number of nitrogens with zero attached hydrogens (tertiary/aromatic N) is 6. The number of carbonyl (C=O) groups excluding carboxylic acids is 1. The first-order valence-electron chi connectivity index (χ1n) is 10.6. The van der Waals surface area contributed by atoms with E-state index in [9.17, 15) is 4.79 Å². The lowest BCUT2D eigenvalue weighted by molar-refractivity contribution is 0.202. The van der Waals surface area contributed by atoms with Crippen LogP contribution in [-0.2, 0) is 13.2 Å². The van der Waals surface area contributed by atoms with E-state index >= 15 is 0 Å². The maximum absolute atomic E-state index is 12.3. The lowest BCUT2D eigenvalue weighted by atomic mass is 10.2. The highest BCUT2D eigenvalue weighted by atomic mass is 16.6. The fourth-order valence-electron chi connectivity index (χ4n) is 3.23. The number of rotatable bonds is 7. The van der Waals surface area contributed by atoms with Crippen LogP contribution < -0.4 is 9.47 Å². The van der Waals surface area contributed by atoms with E-state index in [0.717, 1.165) is 11.1 Å². The van der Waals surface area contributed by atoms with Crippen molar-refractivity contribution in [3.05, 3.63) is 109 Å². The summed E-state index contributed by atoms with van der Waals surface area (Å²) >= 11 is 0. The van der Waals surface area contributed by atoms with E-state index in [1.807, 2.05) is 60.7 Å². The van der Waals surface area contributed by atoms with Crippen LogP contribution in [0.1, 0.15) is 11.4 Å². The summed E-state index contributed by atoms with van der Waals surface area (Å²) in [7, 11) is 0. The third kappa shape index (κ3) is 5.16. The van der Waals surface area contributed by atoms with Crippen LogP contribution in [0, 0.1) is 0 Å². The van der Waals surface area contributed by atoms with E-state index in [1.165, 1.54) is 15.7 Å². The van der Waals surface area contributed by atoms with Crippen LogP contribution in [0.15, 0.2) is 97.5 Å². The van der Waals surface area contributed by atoms with Gasteiger partial charge < -0.3 is 9.47 Å². The topological polar surface area (TPSA) is 97.0 Å². The normalized spacial score (nSPS) is 10.7. The maximum Gasteiger partial charge on any atom is 0.424 e. The molecule has 0 saturated carbocycles. The van der Waals surface area contributed by atoms with Gasteiger partial charge in [0.1, 0.15) is 17.8 Å². The quantitative estimate of drug-likeness (QED) is 0.365. The molecule has 2 heterocycles. The predicted octanol–water partition coefficient (Wildman–Crippen LogP) is 4.21. The average Bonchev–Trinajstić information content (AvgIpc) is 3.55. The van der Waals surface area contributed by atoms with Crippen molar-refractivity contribution in [2.45, 2.75) is 13.2 Å². The first kappa shape index (κ1) is 21.1. The zero-order chi connectivity index (χ0) is 23.2. The van der Waals surface area contributed by atoms with E-state index in [2.05, 4.69) is 20.4 Å². The van der Waals surface area contributed by atoms with Crippen LogP contribution in [0.4, 0.5) is 4.79 Å². The van der Waals surface area contributed by atoms with Crippen molar-refractivity contribution in [2.24, 2.45) is 0 Å². The molecule has 0 bridgehead atoms. The molecule has 0 aliphatic rings.